The molecule has 0 saturated carbocycles. The molecule has 9 nitrogen and oxygen atoms in total. The highest BCUT2D eigenvalue weighted by Crippen LogP contribution is 2.33. The molecule has 2 N–H and O–H groups in total. The number of amides is 1. The van der Waals surface area contributed by atoms with Crippen molar-refractivity contribution in [3.8, 4) is 0 Å². The molecule has 0 aliphatic heterocycles. The average Bonchev–Trinajstić information content (AvgIpc) is 3.22. The standard InChI is InChI=1S/C23H24N6O3S/c1-2-29-21(31)14-7-3-5-9-16(14)25-23(29)27-26-18(30)11-12-28-13-24-20-19(22(28)32)15-8-4-6-10-17(15)33-20/h3,5,7,9,13H,2,4,6,8,10-12H2,1H3,(H,25,27)(H,26,30). The van der Waals surface area contributed by atoms with E-state index in [0.29, 0.717) is 22.8 Å². The number of nitrogens with zero attached hydrogens (tertiary/aromatic N) is 4. The Hall–Kier alpha value is -3.53. The first kappa shape index (κ1) is 21.3. The smallest absolute Gasteiger partial charge is 0.262 e. The molecule has 33 heavy (non-hydrogen) atoms. The molecular formula is C23H24N6O3S. The van der Waals surface area contributed by atoms with Crippen molar-refractivity contribution in [2.45, 2.75) is 52.1 Å². The summed E-state index contributed by atoms with van der Waals surface area (Å²) in [5.41, 5.74) is 6.78. The van der Waals surface area contributed by atoms with Gasteiger partial charge >= 0.3 is 0 Å². The number of anilines is 1. The summed E-state index contributed by atoms with van der Waals surface area (Å²) < 4.78 is 2.96. The number of aryl methyl sites for hydroxylation is 3. The van der Waals surface area contributed by atoms with Crippen LogP contribution >= 0.6 is 11.3 Å². The molecule has 1 aliphatic rings. The third kappa shape index (κ3) is 3.91. The highest BCUT2D eigenvalue weighted by atomic mass is 32.1. The van der Waals surface area contributed by atoms with Gasteiger partial charge in [-0.2, -0.15) is 0 Å². The van der Waals surface area contributed by atoms with E-state index in [1.165, 1.54) is 20.3 Å². The van der Waals surface area contributed by atoms with Crippen LogP contribution in [0.2, 0.25) is 0 Å². The summed E-state index contributed by atoms with van der Waals surface area (Å²) in [6.07, 6.45) is 5.77. The maximum Gasteiger partial charge on any atom is 0.262 e. The number of rotatable bonds is 6. The van der Waals surface area contributed by atoms with Gasteiger partial charge in [0.2, 0.25) is 11.9 Å². The van der Waals surface area contributed by atoms with Gasteiger partial charge in [-0.15, -0.1) is 11.3 Å². The summed E-state index contributed by atoms with van der Waals surface area (Å²) in [7, 11) is 0. The zero-order valence-electron chi connectivity index (χ0n) is 18.3. The van der Waals surface area contributed by atoms with E-state index in [1.807, 2.05) is 6.92 Å². The van der Waals surface area contributed by atoms with Crippen LogP contribution in [0.15, 0.2) is 40.2 Å². The lowest BCUT2D eigenvalue weighted by Gasteiger charge is -2.14. The Labute approximate surface area is 193 Å². The molecule has 1 aliphatic carbocycles. The van der Waals surface area contributed by atoms with Gasteiger partial charge in [0.15, 0.2) is 0 Å². The van der Waals surface area contributed by atoms with Crippen LogP contribution in [-0.2, 0) is 30.7 Å². The fourth-order valence-corrected chi connectivity index (χ4v) is 5.53. The number of aromatic nitrogens is 4. The van der Waals surface area contributed by atoms with E-state index in [-0.39, 0.29) is 35.9 Å². The molecule has 0 radical (unpaired) electrons. The van der Waals surface area contributed by atoms with Crippen LogP contribution in [0, 0.1) is 0 Å². The van der Waals surface area contributed by atoms with Crippen LogP contribution in [0.4, 0.5) is 5.95 Å². The summed E-state index contributed by atoms with van der Waals surface area (Å²) in [6, 6.07) is 7.08. The summed E-state index contributed by atoms with van der Waals surface area (Å²) in [4.78, 5) is 49.2. The molecule has 3 aromatic heterocycles. The van der Waals surface area contributed by atoms with Crippen molar-refractivity contribution >= 4 is 44.3 Å². The van der Waals surface area contributed by atoms with Crippen molar-refractivity contribution in [3.63, 3.8) is 0 Å². The summed E-state index contributed by atoms with van der Waals surface area (Å²) in [5.74, 6) is -0.0564. The van der Waals surface area contributed by atoms with Crippen LogP contribution < -0.4 is 22.0 Å². The number of hydrazine groups is 1. The maximum absolute atomic E-state index is 13.0. The Bertz CT molecular complexity index is 1490. The molecule has 3 heterocycles. The fourth-order valence-electron chi connectivity index (χ4n) is 4.31. The predicted molar refractivity (Wildman–Crippen MR) is 129 cm³/mol. The van der Waals surface area contributed by atoms with E-state index in [2.05, 4.69) is 20.8 Å². The Morgan fingerprint density at radius 2 is 1.97 bits per heavy atom. The van der Waals surface area contributed by atoms with E-state index in [9.17, 15) is 14.4 Å². The predicted octanol–water partition coefficient (Wildman–Crippen LogP) is 2.60. The minimum atomic E-state index is -0.320. The Kier molecular flexibility index (Phi) is 5.67. The van der Waals surface area contributed by atoms with Gasteiger partial charge in [0.1, 0.15) is 4.83 Å². The average molecular weight is 465 g/mol. The number of para-hydroxylation sites is 1. The SMILES string of the molecule is CCn1c(NNC(=O)CCn2cnc3sc4c(c3c2=O)CCCC4)nc2ccccc2c1=O. The quantitative estimate of drug-likeness (QED) is 0.425. The second kappa shape index (κ2) is 8.78. The topological polar surface area (TPSA) is 111 Å². The Balaban J connectivity index is 1.30. The second-order valence-electron chi connectivity index (χ2n) is 8.06. The van der Waals surface area contributed by atoms with Crippen molar-refractivity contribution in [2.24, 2.45) is 0 Å². The molecule has 5 rings (SSSR count). The third-order valence-electron chi connectivity index (χ3n) is 6.01. The second-order valence-corrected chi connectivity index (χ2v) is 9.14. The lowest BCUT2D eigenvalue weighted by molar-refractivity contribution is -0.120. The number of benzene rings is 1. The number of fused-ring (bicyclic) bond motifs is 4. The fraction of sp³-hybridized carbons (Fsp3) is 0.348. The normalized spacial score (nSPS) is 13.2. The van der Waals surface area contributed by atoms with Gasteiger partial charge in [-0.3, -0.25) is 34.4 Å². The largest absolute Gasteiger partial charge is 0.298 e. The maximum atomic E-state index is 13.0. The van der Waals surface area contributed by atoms with Crippen molar-refractivity contribution < 1.29 is 4.79 Å². The van der Waals surface area contributed by atoms with E-state index in [0.717, 1.165) is 36.1 Å². The van der Waals surface area contributed by atoms with Crippen LogP contribution in [-0.4, -0.2) is 25.0 Å². The summed E-state index contributed by atoms with van der Waals surface area (Å²) in [6.45, 7) is 2.45. The van der Waals surface area contributed by atoms with Gasteiger partial charge in [0.25, 0.3) is 11.1 Å². The van der Waals surface area contributed by atoms with Crippen LogP contribution in [0.5, 0.6) is 0 Å². The molecule has 0 fully saturated rings. The van der Waals surface area contributed by atoms with Crippen LogP contribution in [0.3, 0.4) is 0 Å². The molecule has 1 aromatic carbocycles. The Morgan fingerprint density at radius 3 is 2.82 bits per heavy atom. The first-order valence-corrected chi connectivity index (χ1v) is 11.9. The van der Waals surface area contributed by atoms with Crippen molar-refractivity contribution in [2.75, 3.05) is 5.43 Å². The number of carbonyl (C=O) groups excluding carboxylic acids is 1. The monoisotopic (exact) mass is 464 g/mol. The number of thiophene rings is 1. The van der Waals surface area contributed by atoms with Crippen molar-refractivity contribution in [1.82, 2.24) is 24.5 Å². The van der Waals surface area contributed by atoms with E-state index in [1.54, 1.807) is 35.6 Å². The lowest BCUT2D eigenvalue weighted by atomic mass is 9.97. The van der Waals surface area contributed by atoms with Crippen molar-refractivity contribution in [3.05, 3.63) is 61.7 Å². The molecule has 1 amide bonds. The molecule has 10 heteroatoms. The molecule has 170 valence electrons. The zero-order chi connectivity index (χ0) is 22.9. The molecule has 4 aromatic rings. The highest BCUT2D eigenvalue weighted by molar-refractivity contribution is 7.18. The van der Waals surface area contributed by atoms with Crippen molar-refractivity contribution in [1.29, 1.82) is 0 Å². The van der Waals surface area contributed by atoms with Gasteiger partial charge in [-0.25, -0.2) is 9.97 Å². The molecule has 0 bridgehead atoms. The minimum Gasteiger partial charge on any atom is -0.298 e. The van der Waals surface area contributed by atoms with Gasteiger partial charge in [-0.05, 0) is 50.3 Å². The van der Waals surface area contributed by atoms with Gasteiger partial charge in [-0.1, -0.05) is 12.1 Å². The van der Waals surface area contributed by atoms with Gasteiger partial charge in [0.05, 0.1) is 22.6 Å². The highest BCUT2D eigenvalue weighted by Gasteiger charge is 2.20. The number of carbonyl (C=O) groups is 1. The zero-order valence-corrected chi connectivity index (χ0v) is 19.1. The van der Waals surface area contributed by atoms with Gasteiger partial charge < -0.3 is 0 Å². The van der Waals surface area contributed by atoms with E-state index >= 15 is 0 Å². The molecule has 0 saturated heterocycles. The number of hydrogen-bond donors (Lipinski definition) is 2. The number of nitrogens with one attached hydrogen (secondary N) is 2. The third-order valence-corrected chi connectivity index (χ3v) is 7.21. The molecule has 0 unspecified atom stereocenters. The van der Waals surface area contributed by atoms with E-state index in [4.69, 9.17) is 0 Å². The van der Waals surface area contributed by atoms with E-state index < -0.39 is 0 Å². The number of hydrogen-bond acceptors (Lipinski definition) is 7. The van der Waals surface area contributed by atoms with Gasteiger partial charge in [0, 0.05) is 24.4 Å². The molecule has 0 atom stereocenters. The first-order valence-electron chi connectivity index (χ1n) is 11.1. The summed E-state index contributed by atoms with van der Waals surface area (Å²) in [5, 5.41) is 1.23. The summed E-state index contributed by atoms with van der Waals surface area (Å²) >= 11 is 1.61. The molecule has 0 spiro atoms. The van der Waals surface area contributed by atoms with Crippen LogP contribution in [0.1, 0.15) is 36.6 Å². The minimum absolute atomic E-state index is 0.0797. The molecular weight excluding hydrogens is 440 g/mol. The van der Waals surface area contributed by atoms with Crippen LogP contribution in [0.25, 0.3) is 21.1 Å². The first-order chi connectivity index (χ1) is 16.1. The Morgan fingerprint density at radius 1 is 1.15 bits per heavy atom. The lowest BCUT2D eigenvalue weighted by Crippen LogP contribution is -2.35.